The minimum absolute atomic E-state index is 0.0357. The number of amidine groups is 1. The van der Waals surface area contributed by atoms with Crippen molar-refractivity contribution in [3.63, 3.8) is 0 Å². The monoisotopic (exact) mass is 297 g/mol. The van der Waals surface area contributed by atoms with E-state index in [4.69, 9.17) is 10.9 Å². The quantitative estimate of drug-likeness (QED) is 0.343. The zero-order valence-electron chi connectivity index (χ0n) is 10.4. The maximum absolute atomic E-state index is 12.1. The first-order valence-corrected chi connectivity index (χ1v) is 7.60. The van der Waals surface area contributed by atoms with Gasteiger partial charge in [-0.25, -0.2) is 0 Å². The van der Waals surface area contributed by atoms with Crippen LogP contribution in [0.3, 0.4) is 0 Å². The summed E-state index contributed by atoms with van der Waals surface area (Å²) in [5.41, 5.74) is 5.58. The molecule has 2 aromatic heterocycles. The van der Waals surface area contributed by atoms with Gasteiger partial charge in [0.2, 0.25) is 0 Å². The second-order valence-corrected chi connectivity index (χ2v) is 6.13. The number of nitrogens with zero attached hydrogens (tertiary/aromatic N) is 1. The average molecular weight is 297 g/mol. The number of amides is 1. The molecule has 4 N–H and O–H groups in total. The molecule has 0 aliphatic carbocycles. The smallest absolute Gasteiger partial charge is 0.262 e. The summed E-state index contributed by atoms with van der Waals surface area (Å²) >= 11 is 3.05. The lowest BCUT2D eigenvalue weighted by Gasteiger charge is -2.15. The molecule has 1 atom stereocenters. The second kappa shape index (κ2) is 6.03. The van der Waals surface area contributed by atoms with E-state index in [0.29, 0.717) is 11.3 Å². The van der Waals surface area contributed by atoms with Crippen LogP contribution >= 0.6 is 22.7 Å². The van der Waals surface area contributed by atoms with Gasteiger partial charge in [-0.3, -0.25) is 4.79 Å². The first kappa shape index (κ1) is 13.8. The lowest BCUT2D eigenvalue weighted by Crippen LogP contribution is -2.44. The number of rotatable bonds is 5. The van der Waals surface area contributed by atoms with Gasteiger partial charge in [0, 0.05) is 9.40 Å². The molecule has 19 heavy (non-hydrogen) atoms. The number of hydrogen-bond acceptors (Lipinski definition) is 5. The minimum atomic E-state index is -0.428. The van der Waals surface area contributed by atoms with Crippen LogP contribution in [0.4, 0.5) is 0 Å². The van der Waals surface area contributed by atoms with Crippen molar-refractivity contribution >= 4 is 43.8 Å². The van der Waals surface area contributed by atoms with Crippen LogP contribution in [0.15, 0.2) is 22.7 Å². The van der Waals surface area contributed by atoms with E-state index >= 15 is 0 Å². The number of thiophene rings is 2. The lowest BCUT2D eigenvalue weighted by atomic mass is 10.1. The molecule has 2 rings (SSSR count). The van der Waals surface area contributed by atoms with Crippen molar-refractivity contribution in [2.24, 2.45) is 10.9 Å². The van der Waals surface area contributed by atoms with E-state index < -0.39 is 6.04 Å². The Kier molecular flexibility index (Phi) is 4.39. The largest absolute Gasteiger partial charge is 0.409 e. The van der Waals surface area contributed by atoms with E-state index in [0.717, 1.165) is 15.8 Å². The maximum Gasteiger partial charge on any atom is 0.262 e. The fourth-order valence-corrected chi connectivity index (χ4v) is 3.77. The molecule has 0 spiro atoms. The SMILES string of the molecule is CCCC(NC(=O)c1cc2sccc2s1)/C(N)=N/O. The Balaban J connectivity index is 2.12. The Morgan fingerprint density at radius 3 is 3.00 bits per heavy atom. The molecule has 0 radical (unpaired) electrons. The number of hydrogen-bond donors (Lipinski definition) is 3. The number of carbonyl (C=O) groups excluding carboxylic acids is 1. The van der Waals surface area contributed by atoms with Gasteiger partial charge in [0.15, 0.2) is 5.84 Å². The van der Waals surface area contributed by atoms with Crippen molar-refractivity contribution in [1.29, 1.82) is 0 Å². The highest BCUT2D eigenvalue weighted by Crippen LogP contribution is 2.29. The van der Waals surface area contributed by atoms with Gasteiger partial charge in [0.05, 0.1) is 10.9 Å². The van der Waals surface area contributed by atoms with Gasteiger partial charge in [-0.1, -0.05) is 18.5 Å². The lowest BCUT2D eigenvalue weighted by molar-refractivity contribution is 0.0949. The third kappa shape index (κ3) is 3.05. The van der Waals surface area contributed by atoms with Crippen molar-refractivity contribution in [2.45, 2.75) is 25.8 Å². The summed E-state index contributed by atoms with van der Waals surface area (Å²) in [4.78, 5) is 12.8. The predicted molar refractivity (Wildman–Crippen MR) is 79.3 cm³/mol. The Bertz CT molecular complexity index is 574. The van der Waals surface area contributed by atoms with Crippen LogP contribution in [-0.4, -0.2) is 23.0 Å². The van der Waals surface area contributed by atoms with E-state index in [1.165, 1.54) is 11.3 Å². The third-order valence-corrected chi connectivity index (χ3v) is 4.81. The van der Waals surface area contributed by atoms with Gasteiger partial charge in [-0.15, -0.1) is 22.7 Å². The summed E-state index contributed by atoms with van der Waals surface area (Å²) in [6.45, 7) is 1.98. The first-order valence-electron chi connectivity index (χ1n) is 5.91. The van der Waals surface area contributed by atoms with Gasteiger partial charge in [0.1, 0.15) is 0 Å². The Morgan fingerprint density at radius 1 is 1.58 bits per heavy atom. The molecule has 2 aromatic rings. The van der Waals surface area contributed by atoms with Crippen molar-refractivity contribution < 1.29 is 10.0 Å². The highest BCUT2D eigenvalue weighted by Gasteiger charge is 2.18. The molecular formula is C12H15N3O2S2. The molecule has 1 amide bonds. The third-order valence-electron chi connectivity index (χ3n) is 2.72. The summed E-state index contributed by atoms with van der Waals surface area (Å²) < 4.78 is 2.21. The number of nitrogens with two attached hydrogens (primary N) is 1. The molecule has 0 fully saturated rings. The van der Waals surface area contributed by atoms with Crippen LogP contribution in [0.1, 0.15) is 29.4 Å². The van der Waals surface area contributed by atoms with E-state index in [-0.39, 0.29) is 11.7 Å². The fourth-order valence-electron chi connectivity index (χ4n) is 1.76. The van der Waals surface area contributed by atoms with Crippen LogP contribution in [0.2, 0.25) is 0 Å². The molecule has 7 heteroatoms. The standard InChI is InChI=1S/C12H15N3O2S2/c1-2-3-7(11(13)15-17)14-12(16)10-6-9-8(19-10)4-5-18-9/h4-7,17H,2-3H2,1H3,(H2,13,15)(H,14,16). The Labute approximate surface area is 118 Å². The Morgan fingerprint density at radius 2 is 2.37 bits per heavy atom. The van der Waals surface area contributed by atoms with E-state index in [2.05, 4.69) is 10.5 Å². The topological polar surface area (TPSA) is 87.7 Å². The molecule has 0 bridgehead atoms. The highest BCUT2D eigenvalue weighted by molar-refractivity contribution is 7.27. The number of carbonyl (C=O) groups is 1. The van der Waals surface area contributed by atoms with Crippen LogP contribution < -0.4 is 11.1 Å². The molecule has 0 aliphatic heterocycles. The molecule has 1 unspecified atom stereocenters. The van der Waals surface area contributed by atoms with Gasteiger partial charge in [0.25, 0.3) is 5.91 Å². The number of nitrogens with one attached hydrogen (secondary N) is 1. The molecule has 102 valence electrons. The minimum Gasteiger partial charge on any atom is -0.409 e. The second-order valence-electron chi connectivity index (χ2n) is 4.10. The van der Waals surface area contributed by atoms with Crippen molar-refractivity contribution in [3.05, 3.63) is 22.4 Å². The van der Waals surface area contributed by atoms with Gasteiger partial charge < -0.3 is 16.3 Å². The van der Waals surface area contributed by atoms with E-state index in [9.17, 15) is 4.79 Å². The summed E-state index contributed by atoms with van der Waals surface area (Å²) in [5, 5.41) is 16.5. The van der Waals surface area contributed by atoms with Crippen LogP contribution in [0.5, 0.6) is 0 Å². The maximum atomic E-state index is 12.1. The summed E-state index contributed by atoms with van der Waals surface area (Å²) in [5.74, 6) is -0.146. The van der Waals surface area contributed by atoms with Crippen LogP contribution in [0.25, 0.3) is 9.40 Å². The highest BCUT2D eigenvalue weighted by atomic mass is 32.1. The van der Waals surface area contributed by atoms with Crippen molar-refractivity contribution in [1.82, 2.24) is 5.32 Å². The molecule has 0 saturated heterocycles. The summed E-state index contributed by atoms with van der Waals surface area (Å²) in [6, 6.07) is 3.44. The van der Waals surface area contributed by atoms with Gasteiger partial charge in [-0.2, -0.15) is 0 Å². The van der Waals surface area contributed by atoms with Gasteiger partial charge >= 0.3 is 0 Å². The molecule has 2 heterocycles. The van der Waals surface area contributed by atoms with Crippen LogP contribution in [0, 0.1) is 0 Å². The van der Waals surface area contributed by atoms with Crippen molar-refractivity contribution in [3.8, 4) is 0 Å². The van der Waals surface area contributed by atoms with Crippen molar-refractivity contribution in [2.75, 3.05) is 0 Å². The van der Waals surface area contributed by atoms with E-state index in [1.807, 2.05) is 24.4 Å². The molecule has 5 nitrogen and oxygen atoms in total. The average Bonchev–Trinajstić information content (AvgIpc) is 2.97. The molecule has 0 saturated carbocycles. The molecule has 0 aliphatic rings. The molecule has 0 aromatic carbocycles. The number of fused-ring (bicyclic) bond motifs is 1. The first-order chi connectivity index (χ1) is 9.15. The van der Waals surface area contributed by atoms with Gasteiger partial charge in [-0.05, 0) is 23.9 Å². The zero-order valence-corrected chi connectivity index (χ0v) is 12.1. The summed E-state index contributed by atoms with van der Waals surface area (Å²) in [7, 11) is 0. The van der Waals surface area contributed by atoms with E-state index in [1.54, 1.807) is 11.3 Å². The normalized spacial score (nSPS) is 13.6. The Hall–Kier alpha value is -1.60. The zero-order chi connectivity index (χ0) is 13.8. The number of oxime groups is 1. The molecular weight excluding hydrogens is 282 g/mol. The van der Waals surface area contributed by atoms with Crippen LogP contribution in [-0.2, 0) is 0 Å². The summed E-state index contributed by atoms with van der Waals surface area (Å²) in [6.07, 6.45) is 1.47. The fraction of sp³-hybridized carbons (Fsp3) is 0.333. The predicted octanol–water partition coefficient (Wildman–Crippen LogP) is 2.61.